The molecule has 84 valence electrons. The van der Waals surface area contributed by atoms with Crippen molar-refractivity contribution in [3.8, 4) is 5.00 Å². The van der Waals surface area contributed by atoms with Crippen LogP contribution in [-0.4, -0.2) is 16.1 Å². The molecule has 0 aliphatic rings. The fourth-order valence-electron chi connectivity index (χ4n) is 1.13. The molecule has 0 atom stereocenters. The zero-order valence-corrected chi connectivity index (χ0v) is 8.55. The molecular weight excluding hydrogens is 241 g/mol. The topological polar surface area (TPSA) is 34.9 Å². The first-order valence-electron chi connectivity index (χ1n) is 4.19. The number of halogens is 3. The van der Waals surface area contributed by atoms with Gasteiger partial charge in [0.1, 0.15) is 5.00 Å². The highest BCUT2D eigenvalue weighted by molar-refractivity contribution is 7.16. The SMILES string of the molecule is O=Cc1ccc(-n2ccc(C(F)(F)F)n2)s1. The average molecular weight is 246 g/mol. The van der Waals surface area contributed by atoms with Crippen LogP contribution in [0.2, 0.25) is 0 Å². The van der Waals surface area contributed by atoms with Crippen LogP contribution >= 0.6 is 11.3 Å². The van der Waals surface area contributed by atoms with Crippen LogP contribution in [-0.2, 0) is 6.18 Å². The first-order valence-corrected chi connectivity index (χ1v) is 5.00. The lowest BCUT2D eigenvalue weighted by Crippen LogP contribution is -2.06. The average Bonchev–Trinajstić information content (AvgIpc) is 2.85. The maximum Gasteiger partial charge on any atom is 0.435 e. The van der Waals surface area contributed by atoms with Crippen molar-refractivity contribution in [3.63, 3.8) is 0 Å². The van der Waals surface area contributed by atoms with Gasteiger partial charge in [0, 0.05) is 6.20 Å². The maximum absolute atomic E-state index is 12.3. The van der Waals surface area contributed by atoms with Gasteiger partial charge in [0.25, 0.3) is 0 Å². The first kappa shape index (κ1) is 10.9. The fraction of sp³-hybridized carbons (Fsp3) is 0.111. The summed E-state index contributed by atoms with van der Waals surface area (Å²) in [4.78, 5) is 10.9. The third kappa shape index (κ3) is 1.99. The number of carbonyl (C=O) groups excluding carboxylic acids is 1. The van der Waals surface area contributed by atoms with Gasteiger partial charge in [-0.25, -0.2) is 4.68 Å². The Labute approximate surface area is 92.1 Å². The number of aldehydes is 1. The molecule has 0 bridgehead atoms. The number of alkyl halides is 3. The molecule has 2 heterocycles. The van der Waals surface area contributed by atoms with E-state index in [2.05, 4.69) is 5.10 Å². The first-order chi connectivity index (χ1) is 7.50. The molecule has 0 aliphatic heterocycles. The van der Waals surface area contributed by atoms with Crippen LogP contribution in [0, 0.1) is 0 Å². The smallest absolute Gasteiger partial charge is 0.297 e. The third-order valence-corrected chi connectivity index (χ3v) is 2.83. The van der Waals surface area contributed by atoms with Gasteiger partial charge in [-0.2, -0.15) is 18.3 Å². The van der Waals surface area contributed by atoms with Crippen molar-refractivity contribution in [1.82, 2.24) is 9.78 Å². The molecule has 7 heteroatoms. The van der Waals surface area contributed by atoms with Crippen molar-refractivity contribution >= 4 is 17.6 Å². The van der Waals surface area contributed by atoms with Gasteiger partial charge in [-0.05, 0) is 18.2 Å². The second-order valence-electron chi connectivity index (χ2n) is 2.94. The Bertz CT molecular complexity index is 515. The minimum Gasteiger partial charge on any atom is -0.297 e. The Morgan fingerprint density at radius 3 is 2.56 bits per heavy atom. The summed E-state index contributed by atoms with van der Waals surface area (Å²) in [5.74, 6) is 0. The molecule has 16 heavy (non-hydrogen) atoms. The molecule has 0 spiro atoms. The van der Waals surface area contributed by atoms with Crippen LogP contribution < -0.4 is 0 Å². The molecule has 2 aromatic heterocycles. The van der Waals surface area contributed by atoms with E-state index in [1.165, 1.54) is 12.3 Å². The van der Waals surface area contributed by atoms with Gasteiger partial charge in [-0.3, -0.25) is 4.79 Å². The minimum absolute atomic E-state index is 0.444. The third-order valence-electron chi connectivity index (χ3n) is 1.83. The van der Waals surface area contributed by atoms with Crippen molar-refractivity contribution in [3.05, 3.63) is 35.0 Å². The Kier molecular flexibility index (Phi) is 2.55. The summed E-state index contributed by atoms with van der Waals surface area (Å²) >= 11 is 1.07. The summed E-state index contributed by atoms with van der Waals surface area (Å²) < 4.78 is 37.9. The molecule has 2 aromatic rings. The van der Waals surface area contributed by atoms with Crippen molar-refractivity contribution in [2.45, 2.75) is 6.18 Å². The van der Waals surface area contributed by atoms with Crippen LogP contribution in [0.15, 0.2) is 24.4 Å². The summed E-state index contributed by atoms with van der Waals surface area (Å²) in [5.41, 5.74) is -0.950. The normalized spacial score (nSPS) is 11.7. The molecule has 0 unspecified atom stereocenters. The largest absolute Gasteiger partial charge is 0.435 e. The monoisotopic (exact) mass is 246 g/mol. The number of aromatic nitrogens is 2. The number of hydrogen-bond donors (Lipinski definition) is 0. The lowest BCUT2D eigenvalue weighted by atomic mass is 10.4. The zero-order valence-electron chi connectivity index (χ0n) is 7.73. The molecule has 0 amide bonds. The number of nitrogens with zero attached hydrogens (tertiary/aromatic N) is 2. The molecule has 0 N–H and O–H groups in total. The second kappa shape index (κ2) is 3.75. The Morgan fingerprint density at radius 2 is 2.06 bits per heavy atom. The van der Waals surface area contributed by atoms with Gasteiger partial charge in [0.05, 0.1) is 4.88 Å². The van der Waals surface area contributed by atoms with Crippen molar-refractivity contribution in [1.29, 1.82) is 0 Å². The van der Waals surface area contributed by atoms with E-state index < -0.39 is 11.9 Å². The van der Waals surface area contributed by atoms with E-state index in [4.69, 9.17) is 0 Å². The van der Waals surface area contributed by atoms with Crippen molar-refractivity contribution < 1.29 is 18.0 Å². The van der Waals surface area contributed by atoms with E-state index in [0.29, 0.717) is 16.2 Å². The predicted molar refractivity (Wildman–Crippen MR) is 51.8 cm³/mol. The van der Waals surface area contributed by atoms with Crippen molar-refractivity contribution in [2.75, 3.05) is 0 Å². The van der Waals surface area contributed by atoms with Gasteiger partial charge in [-0.1, -0.05) is 0 Å². The predicted octanol–water partition coefficient (Wildman–Crippen LogP) is 2.77. The van der Waals surface area contributed by atoms with Crippen LogP contribution in [0.4, 0.5) is 13.2 Å². The molecule has 0 saturated carbocycles. The summed E-state index contributed by atoms with van der Waals surface area (Å²) in [6.07, 6.45) is -2.60. The Morgan fingerprint density at radius 1 is 1.31 bits per heavy atom. The van der Waals surface area contributed by atoms with Crippen molar-refractivity contribution in [2.24, 2.45) is 0 Å². The maximum atomic E-state index is 12.3. The van der Waals surface area contributed by atoms with Crippen LogP contribution in [0.3, 0.4) is 0 Å². The molecule has 0 radical (unpaired) electrons. The summed E-state index contributed by atoms with van der Waals surface area (Å²) in [5, 5.41) is 3.86. The molecule has 0 saturated heterocycles. The Hall–Kier alpha value is -1.63. The van der Waals surface area contributed by atoms with Gasteiger partial charge in [0.2, 0.25) is 0 Å². The highest BCUT2D eigenvalue weighted by atomic mass is 32.1. The van der Waals surface area contributed by atoms with E-state index >= 15 is 0 Å². The van der Waals surface area contributed by atoms with Crippen LogP contribution in [0.5, 0.6) is 0 Å². The molecule has 3 nitrogen and oxygen atoms in total. The molecule has 0 aromatic carbocycles. The quantitative estimate of drug-likeness (QED) is 0.764. The molecule has 0 aliphatic carbocycles. The van der Waals surface area contributed by atoms with Gasteiger partial charge in [0.15, 0.2) is 12.0 Å². The lowest BCUT2D eigenvalue weighted by molar-refractivity contribution is -0.141. The lowest BCUT2D eigenvalue weighted by Gasteiger charge is -2.00. The highest BCUT2D eigenvalue weighted by Crippen LogP contribution is 2.28. The van der Waals surface area contributed by atoms with Gasteiger partial charge in [-0.15, -0.1) is 11.3 Å². The van der Waals surface area contributed by atoms with Gasteiger partial charge >= 0.3 is 6.18 Å². The standard InChI is InChI=1S/C9H5F3N2OS/c10-9(11,12)7-3-4-14(13-7)8-2-1-6(5-15)16-8/h1-5H. The Balaban J connectivity index is 2.35. The summed E-state index contributed by atoms with van der Waals surface area (Å²) in [7, 11) is 0. The van der Waals surface area contributed by atoms with E-state index in [0.717, 1.165) is 22.1 Å². The molecule has 0 fully saturated rings. The van der Waals surface area contributed by atoms with E-state index in [1.54, 1.807) is 6.07 Å². The van der Waals surface area contributed by atoms with E-state index in [-0.39, 0.29) is 0 Å². The minimum atomic E-state index is -4.45. The fourth-order valence-corrected chi connectivity index (χ4v) is 1.88. The number of rotatable bonds is 2. The molecular formula is C9H5F3N2OS. The van der Waals surface area contributed by atoms with Crippen LogP contribution in [0.25, 0.3) is 5.00 Å². The van der Waals surface area contributed by atoms with E-state index in [1.807, 2.05) is 0 Å². The second-order valence-corrected chi connectivity index (χ2v) is 4.03. The molecule has 2 rings (SSSR count). The number of carbonyl (C=O) groups is 1. The zero-order chi connectivity index (χ0) is 11.8. The summed E-state index contributed by atoms with van der Waals surface area (Å²) in [6, 6.07) is 3.96. The number of thiophene rings is 1. The number of hydrogen-bond acceptors (Lipinski definition) is 3. The van der Waals surface area contributed by atoms with Crippen LogP contribution in [0.1, 0.15) is 15.4 Å². The van der Waals surface area contributed by atoms with Gasteiger partial charge < -0.3 is 0 Å². The van der Waals surface area contributed by atoms with E-state index in [9.17, 15) is 18.0 Å². The highest BCUT2D eigenvalue weighted by Gasteiger charge is 2.33. The summed E-state index contributed by atoms with van der Waals surface area (Å²) in [6.45, 7) is 0.